The van der Waals surface area contributed by atoms with Crippen LogP contribution in [0.25, 0.3) is 11.4 Å². The molecule has 166 valence electrons. The fourth-order valence-electron chi connectivity index (χ4n) is 3.13. The Kier molecular flexibility index (Phi) is 6.19. The molecule has 0 spiro atoms. The van der Waals surface area contributed by atoms with Gasteiger partial charge in [-0.1, -0.05) is 60.2 Å². The van der Waals surface area contributed by atoms with Crippen LogP contribution in [0.4, 0.5) is 0 Å². The zero-order chi connectivity index (χ0) is 23.4. The summed E-state index contributed by atoms with van der Waals surface area (Å²) in [5, 5.41) is -0.296. The van der Waals surface area contributed by atoms with E-state index < -0.39 is 15.8 Å². The van der Waals surface area contributed by atoms with E-state index in [-0.39, 0.29) is 27.2 Å². The van der Waals surface area contributed by atoms with E-state index in [1.54, 1.807) is 42.5 Å². The smallest absolute Gasteiger partial charge is 0.339 e. The molecule has 0 aliphatic heterocycles. The number of sulfone groups is 1. The Hall–Kier alpha value is -4.04. The van der Waals surface area contributed by atoms with Crippen molar-refractivity contribution in [3.63, 3.8) is 0 Å². The Morgan fingerprint density at radius 3 is 2.21 bits per heavy atom. The van der Waals surface area contributed by atoms with Crippen molar-refractivity contribution in [2.24, 2.45) is 0 Å². The van der Waals surface area contributed by atoms with Gasteiger partial charge in [-0.2, -0.15) is 4.98 Å². The summed E-state index contributed by atoms with van der Waals surface area (Å²) in [4.78, 5) is 20.7. The summed E-state index contributed by atoms with van der Waals surface area (Å²) in [5.41, 5.74) is 1.59. The highest BCUT2D eigenvalue weighted by molar-refractivity contribution is 7.91. The highest BCUT2D eigenvalue weighted by Gasteiger charge is 2.27. The van der Waals surface area contributed by atoms with Gasteiger partial charge < -0.3 is 9.47 Å². The van der Waals surface area contributed by atoms with Gasteiger partial charge in [0.25, 0.3) is 0 Å². The van der Waals surface area contributed by atoms with E-state index in [0.717, 1.165) is 5.56 Å². The van der Waals surface area contributed by atoms with Gasteiger partial charge in [-0.05, 0) is 31.2 Å². The summed E-state index contributed by atoms with van der Waals surface area (Å²) in [6.45, 7) is 1.95. The van der Waals surface area contributed by atoms with Crippen molar-refractivity contribution in [3.8, 4) is 23.0 Å². The molecule has 0 saturated heterocycles. The lowest BCUT2D eigenvalue weighted by Gasteiger charge is -2.12. The molecule has 0 bridgehead atoms. The van der Waals surface area contributed by atoms with Gasteiger partial charge in [0.15, 0.2) is 10.9 Å². The average molecular weight is 461 g/mol. The number of hydrogen-bond acceptors (Lipinski definition) is 7. The van der Waals surface area contributed by atoms with E-state index >= 15 is 0 Å². The Balaban J connectivity index is 1.87. The van der Waals surface area contributed by atoms with Crippen molar-refractivity contribution < 1.29 is 22.7 Å². The number of carbonyl (C=O) groups is 1. The standard InChI is InChI=1S/C25H20N2O5S/c1-17-12-14-19(15-13-17)32-22-16-23(27-24(26-22)18-8-4-3-5-9-18)33(29,30)21-11-7-6-10-20(21)25(28)31-2/h3-16H,1-2H3. The van der Waals surface area contributed by atoms with Crippen LogP contribution in [0.3, 0.4) is 0 Å². The minimum atomic E-state index is -4.21. The molecule has 0 fully saturated rings. The summed E-state index contributed by atoms with van der Waals surface area (Å²) in [6, 6.07) is 23.3. The SMILES string of the molecule is COC(=O)c1ccccc1S(=O)(=O)c1cc(Oc2ccc(C)cc2)nc(-c2ccccc2)n1. The molecule has 7 nitrogen and oxygen atoms in total. The van der Waals surface area contributed by atoms with Gasteiger partial charge in [-0.25, -0.2) is 18.2 Å². The van der Waals surface area contributed by atoms with Gasteiger partial charge >= 0.3 is 5.97 Å². The van der Waals surface area contributed by atoms with Crippen molar-refractivity contribution in [2.75, 3.05) is 7.11 Å². The van der Waals surface area contributed by atoms with Gasteiger partial charge in [0.1, 0.15) is 5.75 Å². The first kappa shape index (κ1) is 22.2. The van der Waals surface area contributed by atoms with E-state index in [1.807, 2.05) is 25.1 Å². The summed E-state index contributed by atoms with van der Waals surface area (Å²) in [7, 11) is -3.02. The van der Waals surface area contributed by atoms with Crippen molar-refractivity contribution in [1.82, 2.24) is 9.97 Å². The summed E-state index contributed by atoms with van der Waals surface area (Å²) in [6.07, 6.45) is 0. The van der Waals surface area contributed by atoms with Crippen LogP contribution >= 0.6 is 0 Å². The zero-order valence-corrected chi connectivity index (χ0v) is 18.7. The van der Waals surface area contributed by atoms with Crippen LogP contribution in [-0.2, 0) is 14.6 Å². The van der Waals surface area contributed by atoms with Crippen LogP contribution in [0.15, 0.2) is 94.9 Å². The first-order valence-corrected chi connectivity index (χ1v) is 11.5. The van der Waals surface area contributed by atoms with E-state index in [1.165, 1.54) is 31.4 Å². The number of aromatic nitrogens is 2. The van der Waals surface area contributed by atoms with E-state index in [9.17, 15) is 13.2 Å². The third kappa shape index (κ3) is 4.75. The third-order valence-corrected chi connectivity index (χ3v) is 6.51. The number of rotatable bonds is 6. The van der Waals surface area contributed by atoms with E-state index in [0.29, 0.717) is 11.3 Å². The van der Waals surface area contributed by atoms with E-state index in [2.05, 4.69) is 9.97 Å². The molecule has 0 N–H and O–H groups in total. The van der Waals surface area contributed by atoms with Crippen LogP contribution < -0.4 is 4.74 Å². The zero-order valence-electron chi connectivity index (χ0n) is 17.9. The van der Waals surface area contributed by atoms with Crippen LogP contribution in [-0.4, -0.2) is 31.5 Å². The number of ether oxygens (including phenoxy) is 2. The third-order valence-electron chi connectivity index (χ3n) is 4.81. The minimum absolute atomic E-state index is 0.0573. The van der Waals surface area contributed by atoms with Gasteiger partial charge in [-0.15, -0.1) is 0 Å². The van der Waals surface area contributed by atoms with Crippen LogP contribution in [0.2, 0.25) is 0 Å². The van der Waals surface area contributed by atoms with Crippen LogP contribution in [0.5, 0.6) is 11.6 Å². The van der Waals surface area contributed by atoms with Crippen molar-refractivity contribution in [3.05, 3.63) is 96.1 Å². The fraction of sp³-hybridized carbons (Fsp3) is 0.0800. The molecule has 4 aromatic rings. The number of hydrogen-bond donors (Lipinski definition) is 0. The Morgan fingerprint density at radius 1 is 0.848 bits per heavy atom. The fourth-order valence-corrected chi connectivity index (χ4v) is 4.52. The quantitative estimate of drug-likeness (QED) is 0.299. The summed E-state index contributed by atoms with van der Waals surface area (Å²) in [5.74, 6) is -0.0320. The highest BCUT2D eigenvalue weighted by atomic mass is 32.2. The molecule has 8 heteroatoms. The molecule has 1 aromatic heterocycles. The number of aryl methyl sites for hydroxylation is 1. The highest BCUT2D eigenvalue weighted by Crippen LogP contribution is 2.29. The second-order valence-electron chi connectivity index (χ2n) is 7.14. The Morgan fingerprint density at radius 2 is 1.52 bits per heavy atom. The second kappa shape index (κ2) is 9.22. The van der Waals surface area contributed by atoms with Gasteiger partial charge in [-0.3, -0.25) is 0 Å². The lowest BCUT2D eigenvalue weighted by atomic mass is 10.2. The predicted octanol–water partition coefficient (Wildman–Crippen LogP) is 4.86. The van der Waals surface area contributed by atoms with Crippen molar-refractivity contribution in [2.45, 2.75) is 16.8 Å². The molecule has 0 unspecified atom stereocenters. The normalized spacial score (nSPS) is 11.1. The maximum atomic E-state index is 13.6. The van der Waals surface area contributed by atoms with Gasteiger partial charge in [0.05, 0.1) is 17.6 Å². The average Bonchev–Trinajstić information content (AvgIpc) is 2.85. The number of carbonyl (C=O) groups excluding carboxylic acids is 1. The molecule has 0 amide bonds. The Labute approximate surface area is 191 Å². The monoisotopic (exact) mass is 460 g/mol. The molecule has 1 heterocycles. The molecule has 0 radical (unpaired) electrons. The van der Waals surface area contributed by atoms with Crippen LogP contribution in [0.1, 0.15) is 15.9 Å². The largest absolute Gasteiger partial charge is 0.465 e. The molecule has 0 aliphatic carbocycles. The molecule has 4 rings (SSSR count). The molecule has 0 aliphatic rings. The molecular weight excluding hydrogens is 440 g/mol. The predicted molar refractivity (Wildman–Crippen MR) is 122 cm³/mol. The van der Waals surface area contributed by atoms with Gasteiger partial charge in [0, 0.05) is 11.6 Å². The van der Waals surface area contributed by atoms with Crippen molar-refractivity contribution in [1.29, 1.82) is 0 Å². The number of esters is 1. The first-order valence-electron chi connectivity index (χ1n) is 10.00. The second-order valence-corrected chi connectivity index (χ2v) is 9.01. The Bertz CT molecular complexity index is 1400. The number of benzene rings is 3. The molecule has 3 aromatic carbocycles. The molecular formula is C25H20N2O5S. The number of methoxy groups -OCH3 is 1. The van der Waals surface area contributed by atoms with E-state index in [4.69, 9.17) is 9.47 Å². The minimum Gasteiger partial charge on any atom is -0.465 e. The van der Waals surface area contributed by atoms with Gasteiger partial charge in [0.2, 0.25) is 15.7 Å². The maximum Gasteiger partial charge on any atom is 0.339 e. The molecule has 0 saturated carbocycles. The number of nitrogens with zero attached hydrogens (tertiary/aromatic N) is 2. The summed E-state index contributed by atoms with van der Waals surface area (Å²) < 4.78 is 37.7. The molecule has 0 atom stereocenters. The summed E-state index contributed by atoms with van der Waals surface area (Å²) >= 11 is 0. The lowest BCUT2D eigenvalue weighted by molar-refractivity contribution is 0.0596. The topological polar surface area (TPSA) is 95.5 Å². The van der Waals surface area contributed by atoms with Crippen LogP contribution in [0, 0.1) is 6.92 Å². The molecule has 33 heavy (non-hydrogen) atoms. The lowest BCUT2D eigenvalue weighted by Crippen LogP contribution is -2.13. The van der Waals surface area contributed by atoms with Crippen molar-refractivity contribution >= 4 is 15.8 Å². The first-order chi connectivity index (χ1) is 15.9. The maximum absolute atomic E-state index is 13.6.